The molecule has 0 aliphatic carbocycles. The lowest BCUT2D eigenvalue weighted by Gasteiger charge is -2.13. The Balaban J connectivity index is 2.88. The minimum atomic E-state index is -2.92. The second-order valence-electron chi connectivity index (χ2n) is 3.75. The van der Waals surface area contributed by atoms with E-state index in [1.54, 1.807) is 0 Å². The molecule has 1 amide bonds. The van der Waals surface area contributed by atoms with E-state index in [4.69, 9.17) is 5.73 Å². The highest BCUT2D eigenvalue weighted by molar-refractivity contribution is 5.94. The van der Waals surface area contributed by atoms with Gasteiger partial charge in [-0.25, -0.2) is 8.78 Å². The highest BCUT2D eigenvalue weighted by Gasteiger charge is 2.24. The first-order valence-corrected chi connectivity index (χ1v) is 4.85. The molecule has 0 aromatic heterocycles. The van der Waals surface area contributed by atoms with Crippen molar-refractivity contribution in [2.75, 3.05) is 5.32 Å². The summed E-state index contributed by atoms with van der Waals surface area (Å²) in [5.41, 5.74) is 5.52. The van der Waals surface area contributed by atoms with Crippen molar-refractivity contribution in [3.05, 3.63) is 29.8 Å². The zero-order valence-corrected chi connectivity index (χ0v) is 9.13. The van der Waals surface area contributed by atoms with E-state index in [1.807, 2.05) is 0 Å². The first-order valence-electron chi connectivity index (χ1n) is 4.85. The van der Waals surface area contributed by atoms with Gasteiger partial charge in [-0.15, -0.1) is 0 Å². The van der Waals surface area contributed by atoms with Crippen LogP contribution in [0.2, 0.25) is 0 Å². The molecule has 16 heavy (non-hydrogen) atoms. The molecule has 1 aromatic rings. The van der Waals surface area contributed by atoms with Gasteiger partial charge in [0.15, 0.2) is 0 Å². The largest absolute Gasteiger partial charge is 0.325 e. The standard InChI is InChI=1S/C11H14F2N2O/c1-7(14)10(16)15-9-5-3-4-8(6-9)11(2,12)13/h3-7H,14H2,1-2H3,(H,15,16)/t7-/m1/s1. The van der Waals surface area contributed by atoms with Gasteiger partial charge in [-0.2, -0.15) is 0 Å². The average molecular weight is 228 g/mol. The predicted molar refractivity (Wildman–Crippen MR) is 58.3 cm³/mol. The number of alkyl halides is 2. The van der Waals surface area contributed by atoms with Gasteiger partial charge >= 0.3 is 0 Å². The quantitative estimate of drug-likeness (QED) is 0.832. The molecule has 0 fully saturated rings. The van der Waals surface area contributed by atoms with Gasteiger partial charge in [0.1, 0.15) is 0 Å². The van der Waals surface area contributed by atoms with E-state index >= 15 is 0 Å². The van der Waals surface area contributed by atoms with Crippen LogP contribution in [0.4, 0.5) is 14.5 Å². The number of benzene rings is 1. The molecule has 1 aromatic carbocycles. The van der Waals surface area contributed by atoms with E-state index in [1.165, 1.54) is 31.2 Å². The van der Waals surface area contributed by atoms with E-state index < -0.39 is 17.9 Å². The van der Waals surface area contributed by atoms with Crippen molar-refractivity contribution >= 4 is 11.6 Å². The summed E-state index contributed by atoms with van der Waals surface area (Å²) in [6.45, 7) is 2.33. The maximum atomic E-state index is 13.0. The van der Waals surface area contributed by atoms with Crippen LogP contribution in [0.1, 0.15) is 19.4 Å². The maximum Gasteiger partial charge on any atom is 0.270 e. The van der Waals surface area contributed by atoms with Crippen molar-refractivity contribution in [1.82, 2.24) is 0 Å². The number of nitrogens with one attached hydrogen (secondary N) is 1. The van der Waals surface area contributed by atoms with Gasteiger partial charge in [0.2, 0.25) is 5.91 Å². The van der Waals surface area contributed by atoms with Gasteiger partial charge in [0.25, 0.3) is 5.92 Å². The van der Waals surface area contributed by atoms with Gasteiger partial charge < -0.3 is 11.1 Å². The summed E-state index contributed by atoms with van der Waals surface area (Å²) < 4.78 is 26.0. The third kappa shape index (κ3) is 3.27. The van der Waals surface area contributed by atoms with Crippen LogP contribution >= 0.6 is 0 Å². The SMILES string of the molecule is C[C@@H](N)C(=O)Nc1cccc(C(C)(F)F)c1. The molecule has 0 bridgehead atoms. The van der Waals surface area contributed by atoms with E-state index in [2.05, 4.69) is 5.32 Å². The van der Waals surface area contributed by atoms with Crippen molar-refractivity contribution in [2.45, 2.75) is 25.8 Å². The summed E-state index contributed by atoms with van der Waals surface area (Å²) in [4.78, 5) is 11.2. The van der Waals surface area contributed by atoms with Gasteiger partial charge in [-0.05, 0) is 19.1 Å². The predicted octanol–water partition coefficient (Wildman–Crippen LogP) is 2.08. The number of amides is 1. The Kier molecular flexibility index (Phi) is 3.59. The first kappa shape index (κ1) is 12.6. The molecular weight excluding hydrogens is 214 g/mol. The van der Waals surface area contributed by atoms with E-state index in [-0.39, 0.29) is 5.56 Å². The van der Waals surface area contributed by atoms with Gasteiger partial charge in [0, 0.05) is 18.2 Å². The van der Waals surface area contributed by atoms with E-state index in [0.29, 0.717) is 5.69 Å². The van der Waals surface area contributed by atoms with Crippen LogP contribution in [0.5, 0.6) is 0 Å². The van der Waals surface area contributed by atoms with Crippen LogP contribution in [0, 0.1) is 0 Å². The summed E-state index contributed by atoms with van der Waals surface area (Å²) in [7, 11) is 0. The third-order valence-electron chi connectivity index (χ3n) is 2.05. The number of hydrogen-bond donors (Lipinski definition) is 2. The highest BCUT2D eigenvalue weighted by atomic mass is 19.3. The second kappa shape index (κ2) is 4.57. The maximum absolute atomic E-state index is 13.0. The number of halogens is 2. The second-order valence-corrected chi connectivity index (χ2v) is 3.75. The lowest BCUT2D eigenvalue weighted by Crippen LogP contribution is -2.32. The molecule has 0 saturated heterocycles. The summed E-state index contributed by atoms with van der Waals surface area (Å²) in [5, 5.41) is 2.46. The molecule has 0 aliphatic heterocycles. The monoisotopic (exact) mass is 228 g/mol. The minimum absolute atomic E-state index is 0.144. The average Bonchev–Trinajstić information content (AvgIpc) is 2.16. The Morgan fingerprint density at radius 2 is 2.12 bits per heavy atom. The molecule has 0 radical (unpaired) electrons. The number of carbonyl (C=O) groups excluding carboxylic acids is 1. The van der Waals surface area contributed by atoms with Crippen LogP contribution < -0.4 is 11.1 Å². The Morgan fingerprint density at radius 1 is 1.50 bits per heavy atom. The van der Waals surface area contributed by atoms with Crippen molar-refractivity contribution in [2.24, 2.45) is 5.73 Å². The molecule has 0 unspecified atom stereocenters. The van der Waals surface area contributed by atoms with Gasteiger partial charge in [-0.3, -0.25) is 4.79 Å². The van der Waals surface area contributed by atoms with Crippen molar-refractivity contribution < 1.29 is 13.6 Å². The number of anilines is 1. The smallest absolute Gasteiger partial charge is 0.270 e. The number of rotatable bonds is 3. The van der Waals surface area contributed by atoms with Gasteiger partial charge in [0.05, 0.1) is 6.04 Å². The number of hydrogen-bond acceptors (Lipinski definition) is 2. The Hall–Kier alpha value is -1.49. The summed E-state index contributed by atoms with van der Waals surface area (Å²) in [6, 6.07) is 4.87. The summed E-state index contributed by atoms with van der Waals surface area (Å²) in [5.74, 6) is -3.33. The summed E-state index contributed by atoms with van der Waals surface area (Å²) >= 11 is 0. The van der Waals surface area contributed by atoms with Crippen molar-refractivity contribution in [3.63, 3.8) is 0 Å². The zero-order valence-electron chi connectivity index (χ0n) is 9.13. The fourth-order valence-corrected chi connectivity index (χ4v) is 1.13. The lowest BCUT2D eigenvalue weighted by molar-refractivity contribution is -0.117. The molecule has 3 nitrogen and oxygen atoms in total. The van der Waals surface area contributed by atoms with Crippen LogP contribution in [0.15, 0.2) is 24.3 Å². The Bertz CT molecular complexity index is 386. The fraction of sp³-hybridized carbons (Fsp3) is 0.364. The molecule has 0 heterocycles. The van der Waals surface area contributed by atoms with Gasteiger partial charge in [-0.1, -0.05) is 12.1 Å². The molecule has 0 aliphatic rings. The highest BCUT2D eigenvalue weighted by Crippen LogP contribution is 2.28. The molecule has 5 heteroatoms. The minimum Gasteiger partial charge on any atom is -0.325 e. The molecular formula is C11H14F2N2O. The normalized spacial score (nSPS) is 13.3. The Morgan fingerprint density at radius 3 is 2.62 bits per heavy atom. The number of nitrogens with two attached hydrogens (primary N) is 1. The van der Waals surface area contributed by atoms with Crippen molar-refractivity contribution in [3.8, 4) is 0 Å². The molecule has 0 saturated carbocycles. The van der Waals surface area contributed by atoms with Crippen LogP contribution in [0.25, 0.3) is 0 Å². The van der Waals surface area contributed by atoms with Crippen LogP contribution in [-0.2, 0) is 10.7 Å². The van der Waals surface area contributed by atoms with E-state index in [9.17, 15) is 13.6 Å². The lowest BCUT2D eigenvalue weighted by atomic mass is 10.1. The fourth-order valence-electron chi connectivity index (χ4n) is 1.13. The molecule has 1 atom stereocenters. The molecule has 3 N–H and O–H groups in total. The van der Waals surface area contributed by atoms with E-state index in [0.717, 1.165) is 6.92 Å². The first-order chi connectivity index (χ1) is 7.30. The zero-order chi connectivity index (χ0) is 12.3. The summed E-state index contributed by atoms with van der Waals surface area (Å²) in [6.07, 6.45) is 0. The number of carbonyl (C=O) groups is 1. The molecule has 88 valence electrons. The third-order valence-corrected chi connectivity index (χ3v) is 2.05. The molecule has 1 rings (SSSR count). The Labute approximate surface area is 92.6 Å². The molecule has 0 spiro atoms. The topological polar surface area (TPSA) is 55.1 Å². The van der Waals surface area contributed by atoms with Crippen molar-refractivity contribution in [1.29, 1.82) is 0 Å². The van der Waals surface area contributed by atoms with Crippen LogP contribution in [-0.4, -0.2) is 11.9 Å². The van der Waals surface area contributed by atoms with Crippen LogP contribution in [0.3, 0.4) is 0 Å².